The molecular formula is C13H18BrNO2. The van der Waals surface area contributed by atoms with Gasteiger partial charge in [0, 0.05) is 23.2 Å². The van der Waals surface area contributed by atoms with E-state index < -0.39 is 0 Å². The van der Waals surface area contributed by atoms with Gasteiger partial charge in [-0.05, 0) is 38.5 Å². The Labute approximate surface area is 111 Å². The summed E-state index contributed by atoms with van der Waals surface area (Å²) in [4.78, 5) is 11.9. The van der Waals surface area contributed by atoms with Crippen LogP contribution in [-0.2, 0) is 4.74 Å². The number of amides is 1. The summed E-state index contributed by atoms with van der Waals surface area (Å²) in [5.74, 6) is -0.0599. The molecule has 0 radical (unpaired) electrons. The normalized spacial score (nSPS) is 12.2. The second kappa shape index (κ2) is 6.77. The monoisotopic (exact) mass is 299 g/mol. The standard InChI is InChI=1S/C13H18BrNO2/c1-4-17-9(2)8-15-13(16)11-6-5-7-12(14)10(11)3/h5-7,9H,4,8H2,1-3H3,(H,15,16). The summed E-state index contributed by atoms with van der Waals surface area (Å²) in [6, 6.07) is 5.60. The molecule has 0 aliphatic carbocycles. The molecule has 0 fully saturated rings. The van der Waals surface area contributed by atoms with Gasteiger partial charge in [-0.1, -0.05) is 22.0 Å². The molecule has 1 N–H and O–H groups in total. The van der Waals surface area contributed by atoms with Crippen molar-refractivity contribution < 1.29 is 9.53 Å². The van der Waals surface area contributed by atoms with Crippen LogP contribution in [0.15, 0.2) is 22.7 Å². The Kier molecular flexibility index (Phi) is 5.65. The Morgan fingerprint density at radius 3 is 2.88 bits per heavy atom. The van der Waals surface area contributed by atoms with Crippen molar-refractivity contribution in [1.29, 1.82) is 0 Å². The van der Waals surface area contributed by atoms with Crippen molar-refractivity contribution in [3.63, 3.8) is 0 Å². The lowest BCUT2D eigenvalue weighted by molar-refractivity contribution is 0.0695. The second-order valence-corrected chi connectivity index (χ2v) is 4.74. The zero-order valence-electron chi connectivity index (χ0n) is 10.4. The lowest BCUT2D eigenvalue weighted by Crippen LogP contribution is -2.32. The highest BCUT2D eigenvalue weighted by molar-refractivity contribution is 9.10. The zero-order valence-corrected chi connectivity index (χ0v) is 12.0. The molecule has 4 heteroatoms. The van der Waals surface area contributed by atoms with Gasteiger partial charge in [0.15, 0.2) is 0 Å². The van der Waals surface area contributed by atoms with Crippen molar-refractivity contribution in [3.05, 3.63) is 33.8 Å². The minimum Gasteiger partial charge on any atom is -0.377 e. The molecule has 1 unspecified atom stereocenters. The summed E-state index contributed by atoms with van der Waals surface area (Å²) in [7, 11) is 0. The molecule has 0 heterocycles. The van der Waals surface area contributed by atoms with Crippen molar-refractivity contribution in [2.75, 3.05) is 13.2 Å². The lowest BCUT2D eigenvalue weighted by Gasteiger charge is -2.13. The molecule has 0 aromatic heterocycles. The van der Waals surface area contributed by atoms with E-state index in [-0.39, 0.29) is 12.0 Å². The van der Waals surface area contributed by atoms with Crippen LogP contribution in [0.5, 0.6) is 0 Å². The van der Waals surface area contributed by atoms with Gasteiger partial charge < -0.3 is 10.1 Å². The fraction of sp³-hybridized carbons (Fsp3) is 0.462. The summed E-state index contributed by atoms with van der Waals surface area (Å²) < 4.78 is 6.31. The van der Waals surface area contributed by atoms with Gasteiger partial charge >= 0.3 is 0 Å². The van der Waals surface area contributed by atoms with Crippen LogP contribution in [0.4, 0.5) is 0 Å². The third-order valence-corrected chi connectivity index (χ3v) is 3.37. The highest BCUT2D eigenvalue weighted by atomic mass is 79.9. The van der Waals surface area contributed by atoms with Crippen LogP contribution in [0, 0.1) is 6.92 Å². The van der Waals surface area contributed by atoms with Gasteiger partial charge in [0.05, 0.1) is 6.10 Å². The number of carbonyl (C=O) groups is 1. The molecule has 0 aliphatic rings. The first-order valence-electron chi connectivity index (χ1n) is 5.71. The molecule has 1 aromatic carbocycles. The first kappa shape index (κ1) is 14.2. The summed E-state index contributed by atoms with van der Waals surface area (Å²) in [5.41, 5.74) is 1.65. The Bertz CT molecular complexity index is 393. The number of halogens is 1. The van der Waals surface area contributed by atoms with Gasteiger partial charge in [-0.2, -0.15) is 0 Å². The van der Waals surface area contributed by atoms with Crippen molar-refractivity contribution in [3.8, 4) is 0 Å². The Morgan fingerprint density at radius 2 is 2.24 bits per heavy atom. The molecule has 0 saturated carbocycles. The van der Waals surface area contributed by atoms with Crippen molar-refractivity contribution in [1.82, 2.24) is 5.32 Å². The maximum atomic E-state index is 11.9. The molecule has 1 atom stereocenters. The number of ether oxygens (including phenoxy) is 1. The third-order valence-electron chi connectivity index (χ3n) is 2.51. The fourth-order valence-electron chi connectivity index (χ4n) is 1.53. The summed E-state index contributed by atoms with van der Waals surface area (Å²) >= 11 is 3.41. The number of carbonyl (C=O) groups excluding carboxylic acids is 1. The van der Waals surface area contributed by atoms with Crippen LogP contribution in [0.2, 0.25) is 0 Å². The molecule has 1 aromatic rings. The smallest absolute Gasteiger partial charge is 0.251 e. The maximum absolute atomic E-state index is 11.9. The lowest BCUT2D eigenvalue weighted by atomic mass is 10.1. The molecule has 0 saturated heterocycles. The molecule has 0 bridgehead atoms. The van der Waals surface area contributed by atoms with E-state index >= 15 is 0 Å². The summed E-state index contributed by atoms with van der Waals surface area (Å²) in [6.07, 6.45) is 0.0383. The van der Waals surface area contributed by atoms with E-state index in [4.69, 9.17) is 4.74 Å². The summed E-state index contributed by atoms with van der Waals surface area (Å²) in [5, 5.41) is 2.87. The Balaban J connectivity index is 2.61. The van der Waals surface area contributed by atoms with Crippen LogP contribution < -0.4 is 5.32 Å². The van der Waals surface area contributed by atoms with Crippen LogP contribution in [-0.4, -0.2) is 25.2 Å². The quantitative estimate of drug-likeness (QED) is 0.908. The van der Waals surface area contributed by atoms with E-state index in [9.17, 15) is 4.79 Å². The molecule has 1 rings (SSSR count). The Morgan fingerprint density at radius 1 is 1.53 bits per heavy atom. The van der Waals surface area contributed by atoms with Gasteiger partial charge in [0.1, 0.15) is 0 Å². The molecule has 1 amide bonds. The third kappa shape index (κ3) is 4.13. The number of hydrogen-bond donors (Lipinski definition) is 1. The van der Waals surface area contributed by atoms with Crippen LogP contribution in [0.1, 0.15) is 29.8 Å². The highest BCUT2D eigenvalue weighted by Gasteiger charge is 2.11. The first-order valence-corrected chi connectivity index (χ1v) is 6.50. The summed E-state index contributed by atoms with van der Waals surface area (Å²) in [6.45, 7) is 6.99. The number of benzene rings is 1. The minimum atomic E-state index is -0.0599. The zero-order chi connectivity index (χ0) is 12.8. The largest absolute Gasteiger partial charge is 0.377 e. The average molecular weight is 300 g/mol. The second-order valence-electron chi connectivity index (χ2n) is 3.89. The highest BCUT2D eigenvalue weighted by Crippen LogP contribution is 2.19. The van der Waals surface area contributed by atoms with Gasteiger partial charge in [-0.15, -0.1) is 0 Å². The van der Waals surface area contributed by atoms with E-state index in [0.717, 1.165) is 10.0 Å². The van der Waals surface area contributed by atoms with Crippen molar-refractivity contribution in [2.45, 2.75) is 26.9 Å². The number of rotatable bonds is 5. The Hall–Kier alpha value is -0.870. The predicted molar refractivity (Wildman–Crippen MR) is 72.3 cm³/mol. The van der Waals surface area contributed by atoms with Crippen LogP contribution in [0.3, 0.4) is 0 Å². The molecule has 94 valence electrons. The topological polar surface area (TPSA) is 38.3 Å². The fourth-order valence-corrected chi connectivity index (χ4v) is 1.89. The molecule has 3 nitrogen and oxygen atoms in total. The van der Waals surface area contributed by atoms with Gasteiger partial charge in [-0.25, -0.2) is 0 Å². The number of hydrogen-bond acceptors (Lipinski definition) is 2. The van der Waals surface area contributed by atoms with Crippen LogP contribution >= 0.6 is 15.9 Å². The van der Waals surface area contributed by atoms with E-state index in [1.165, 1.54) is 0 Å². The van der Waals surface area contributed by atoms with Gasteiger partial charge in [0.2, 0.25) is 0 Å². The number of nitrogens with one attached hydrogen (secondary N) is 1. The molecule has 0 aliphatic heterocycles. The maximum Gasteiger partial charge on any atom is 0.251 e. The van der Waals surface area contributed by atoms with E-state index in [1.807, 2.05) is 39.0 Å². The molecule has 0 spiro atoms. The minimum absolute atomic E-state index is 0.0383. The van der Waals surface area contributed by atoms with Gasteiger partial charge in [-0.3, -0.25) is 4.79 Å². The van der Waals surface area contributed by atoms with E-state index in [1.54, 1.807) is 0 Å². The first-order chi connectivity index (χ1) is 8.06. The average Bonchev–Trinajstić information content (AvgIpc) is 2.30. The van der Waals surface area contributed by atoms with Crippen molar-refractivity contribution >= 4 is 21.8 Å². The van der Waals surface area contributed by atoms with Crippen molar-refractivity contribution in [2.24, 2.45) is 0 Å². The SMILES string of the molecule is CCOC(C)CNC(=O)c1cccc(Br)c1C. The van der Waals surface area contributed by atoms with Gasteiger partial charge in [0.25, 0.3) is 5.91 Å². The predicted octanol–water partition coefficient (Wildman–Crippen LogP) is 2.91. The van der Waals surface area contributed by atoms with Crippen LogP contribution in [0.25, 0.3) is 0 Å². The molecular weight excluding hydrogens is 282 g/mol. The van der Waals surface area contributed by atoms with E-state index in [2.05, 4.69) is 21.2 Å². The molecule has 17 heavy (non-hydrogen) atoms. The van der Waals surface area contributed by atoms with E-state index in [0.29, 0.717) is 18.7 Å².